The maximum Gasteiger partial charge on any atom is 0.305 e. The summed E-state index contributed by atoms with van der Waals surface area (Å²) in [5.74, 6) is -0.0962. The third-order valence-electron chi connectivity index (χ3n) is 4.27. The number of rotatable bonds is 14. The van der Waals surface area contributed by atoms with Crippen LogP contribution in [0, 0.1) is 0 Å². The highest BCUT2D eigenvalue weighted by Gasteiger charge is 2.13. The van der Waals surface area contributed by atoms with Crippen LogP contribution in [-0.2, 0) is 19.0 Å². The summed E-state index contributed by atoms with van der Waals surface area (Å²) in [5, 5.41) is 0. The summed E-state index contributed by atoms with van der Waals surface area (Å²) in [5.41, 5.74) is 0. The fraction of sp³-hybridized carbons (Fsp3) is 0.947. The zero-order chi connectivity index (χ0) is 16.6. The lowest BCUT2D eigenvalue weighted by molar-refractivity contribution is -0.173. The lowest BCUT2D eigenvalue weighted by atomic mass is 10.1. The molecule has 0 aromatic carbocycles. The molecular weight excluding hydrogens is 292 g/mol. The van der Waals surface area contributed by atoms with Crippen molar-refractivity contribution in [3.8, 4) is 0 Å². The smallest absolute Gasteiger partial charge is 0.305 e. The van der Waals surface area contributed by atoms with Gasteiger partial charge in [0.2, 0.25) is 0 Å². The second-order valence-corrected chi connectivity index (χ2v) is 6.47. The minimum Gasteiger partial charge on any atom is -0.463 e. The first-order valence-corrected chi connectivity index (χ1v) is 9.71. The molecule has 1 fully saturated rings. The highest BCUT2D eigenvalue weighted by molar-refractivity contribution is 5.69. The van der Waals surface area contributed by atoms with E-state index in [0.717, 1.165) is 38.7 Å². The van der Waals surface area contributed by atoms with Crippen LogP contribution in [0.15, 0.2) is 0 Å². The van der Waals surface area contributed by atoms with Gasteiger partial charge in [-0.3, -0.25) is 4.79 Å². The van der Waals surface area contributed by atoms with E-state index in [1.807, 2.05) is 0 Å². The van der Waals surface area contributed by atoms with Crippen molar-refractivity contribution in [2.24, 2.45) is 0 Å². The van der Waals surface area contributed by atoms with Crippen LogP contribution in [-0.4, -0.2) is 32.1 Å². The summed E-state index contributed by atoms with van der Waals surface area (Å²) >= 11 is 0. The first-order chi connectivity index (χ1) is 11.3. The van der Waals surface area contributed by atoms with Crippen LogP contribution >= 0.6 is 0 Å². The average molecular weight is 328 g/mol. The van der Waals surface area contributed by atoms with Crippen LogP contribution in [0.25, 0.3) is 0 Å². The fourth-order valence-corrected chi connectivity index (χ4v) is 2.83. The Hall–Kier alpha value is -0.610. The lowest BCUT2D eigenvalue weighted by Crippen LogP contribution is -2.24. The molecule has 1 heterocycles. The van der Waals surface area contributed by atoms with Gasteiger partial charge in [0.25, 0.3) is 0 Å². The summed E-state index contributed by atoms with van der Waals surface area (Å²) in [7, 11) is 0. The maximum atomic E-state index is 11.6. The minimum atomic E-state index is -0.0974. The second kappa shape index (κ2) is 14.9. The van der Waals surface area contributed by atoms with Gasteiger partial charge in [0.05, 0.1) is 6.61 Å². The monoisotopic (exact) mass is 328 g/mol. The van der Waals surface area contributed by atoms with E-state index in [1.54, 1.807) is 0 Å². The molecule has 0 aromatic rings. The van der Waals surface area contributed by atoms with Gasteiger partial charge in [0.15, 0.2) is 6.29 Å². The Labute approximate surface area is 142 Å². The summed E-state index contributed by atoms with van der Waals surface area (Å²) in [4.78, 5) is 11.6. The molecule has 0 saturated carbocycles. The predicted molar refractivity (Wildman–Crippen MR) is 92.3 cm³/mol. The van der Waals surface area contributed by atoms with Gasteiger partial charge >= 0.3 is 5.97 Å². The largest absolute Gasteiger partial charge is 0.463 e. The van der Waals surface area contributed by atoms with E-state index >= 15 is 0 Å². The normalized spacial score (nSPS) is 18.0. The van der Waals surface area contributed by atoms with Crippen LogP contribution in [0.2, 0.25) is 0 Å². The van der Waals surface area contributed by atoms with Crippen molar-refractivity contribution in [1.82, 2.24) is 0 Å². The molecule has 4 heteroatoms. The van der Waals surface area contributed by atoms with Crippen molar-refractivity contribution < 1.29 is 19.0 Å². The number of esters is 1. The Morgan fingerprint density at radius 3 is 2.30 bits per heavy atom. The van der Waals surface area contributed by atoms with Gasteiger partial charge in [-0.15, -0.1) is 0 Å². The molecule has 0 spiro atoms. The van der Waals surface area contributed by atoms with E-state index in [1.165, 1.54) is 44.9 Å². The summed E-state index contributed by atoms with van der Waals surface area (Å²) in [6, 6.07) is 0. The average Bonchev–Trinajstić information content (AvgIpc) is 2.58. The van der Waals surface area contributed by atoms with E-state index < -0.39 is 0 Å². The molecule has 0 radical (unpaired) electrons. The standard InChI is InChI=1S/C19H36O4/c1-2-3-4-5-6-7-8-9-10-13-18(20)21-16-17-23-19-14-11-12-15-22-19/h19H,2-17H2,1H3. The van der Waals surface area contributed by atoms with Gasteiger partial charge in [-0.1, -0.05) is 58.3 Å². The number of hydrogen-bond acceptors (Lipinski definition) is 4. The van der Waals surface area contributed by atoms with E-state index in [9.17, 15) is 4.79 Å². The molecular formula is C19H36O4. The summed E-state index contributed by atoms with van der Waals surface area (Å²) in [6.07, 6.45) is 15.0. The van der Waals surface area contributed by atoms with Crippen LogP contribution in [0.3, 0.4) is 0 Å². The van der Waals surface area contributed by atoms with Crippen LogP contribution in [0.1, 0.15) is 90.4 Å². The first kappa shape index (κ1) is 20.4. The highest BCUT2D eigenvalue weighted by atomic mass is 16.7. The number of carbonyl (C=O) groups is 1. The number of hydrogen-bond donors (Lipinski definition) is 0. The van der Waals surface area contributed by atoms with Gasteiger partial charge in [0.1, 0.15) is 6.61 Å². The molecule has 23 heavy (non-hydrogen) atoms. The van der Waals surface area contributed by atoms with Crippen molar-refractivity contribution >= 4 is 5.97 Å². The third kappa shape index (κ3) is 12.5. The van der Waals surface area contributed by atoms with Crippen molar-refractivity contribution in [1.29, 1.82) is 0 Å². The molecule has 0 amide bonds. The molecule has 1 unspecified atom stereocenters. The molecule has 4 nitrogen and oxygen atoms in total. The molecule has 1 aliphatic heterocycles. The van der Waals surface area contributed by atoms with Crippen molar-refractivity contribution in [3.05, 3.63) is 0 Å². The lowest BCUT2D eigenvalue weighted by Gasteiger charge is -2.22. The minimum absolute atomic E-state index is 0.0962. The molecule has 0 aliphatic carbocycles. The van der Waals surface area contributed by atoms with E-state index in [2.05, 4.69) is 6.92 Å². The van der Waals surface area contributed by atoms with Crippen LogP contribution < -0.4 is 0 Å². The zero-order valence-corrected chi connectivity index (χ0v) is 15.0. The molecule has 0 aromatic heterocycles. The molecule has 0 N–H and O–H groups in total. The summed E-state index contributed by atoms with van der Waals surface area (Å²) in [6.45, 7) is 3.81. The second-order valence-electron chi connectivity index (χ2n) is 6.47. The van der Waals surface area contributed by atoms with E-state index in [4.69, 9.17) is 14.2 Å². The molecule has 1 aliphatic rings. The highest BCUT2D eigenvalue weighted by Crippen LogP contribution is 2.13. The molecule has 0 bridgehead atoms. The van der Waals surface area contributed by atoms with Gasteiger partial charge in [-0.2, -0.15) is 0 Å². The van der Waals surface area contributed by atoms with Crippen molar-refractivity contribution in [2.45, 2.75) is 96.7 Å². The van der Waals surface area contributed by atoms with E-state index in [-0.39, 0.29) is 12.3 Å². The van der Waals surface area contributed by atoms with E-state index in [0.29, 0.717) is 19.6 Å². The molecule has 136 valence electrons. The molecule has 1 saturated heterocycles. The quantitative estimate of drug-likeness (QED) is 0.333. The van der Waals surface area contributed by atoms with Gasteiger partial charge < -0.3 is 14.2 Å². The summed E-state index contributed by atoms with van der Waals surface area (Å²) < 4.78 is 16.2. The van der Waals surface area contributed by atoms with Crippen LogP contribution in [0.5, 0.6) is 0 Å². The van der Waals surface area contributed by atoms with Gasteiger partial charge in [0, 0.05) is 13.0 Å². The Morgan fingerprint density at radius 1 is 0.957 bits per heavy atom. The number of unbranched alkanes of at least 4 members (excludes halogenated alkanes) is 8. The number of carbonyl (C=O) groups excluding carboxylic acids is 1. The fourth-order valence-electron chi connectivity index (χ4n) is 2.83. The topological polar surface area (TPSA) is 44.8 Å². The SMILES string of the molecule is CCCCCCCCCCCC(=O)OCCOC1CCCCO1. The third-order valence-corrected chi connectivity index (χ3v) is 4.27. The van der Waals surface area contributed by atoms with Gasteiger partial charge in [-0.05, 0) is 25.7 Å². The predicted octanol–water partition coefficient (Wildman–Crippen LogP) is 4.99. The van der Waals surface area contributed by atoms with Crippen LogP contribution in [0.4, 0.5) is 0 Å². The van der Waals surface area contributed by atoms with Gasteiger partial charge in [-0.25, -0.2) is 0 Å². The number of ether oxygens (including phenoxy) is 3. The Balaban J connectivity index is 1.79. The maximum absolute atomic E-state index is 11.6. The molecule has 1 atom stereocenters. The van der Waals surface area contributed by atoms with Crippen molar-refractivity contribution in [2.75, 3.05) is 19.8 Å². The first-order valence-electron chi connectivity index (χ1n) is 9.71. The zero-order valence-electron chi connectivity index (χ0n) is 15.0. The Morgan fingerprint density at radius 2 is 1.65 bits per heavy atom. The molecule has 1 rings (SSSR count). The van der Waals surface area contributed by atoms with Crippen molar-refractivity contribution in [3.63, 3.8) is 0 Å². The Bertz CT molecular complexity index is 275. The Kier molecular flexibility index (Phi) is 13.3.